The van der Waals surface area contributed by atoms with Crippen molar-refractivity contribution in [1.82, 2.24) is 5.32 Å². The summed E-state index contributed by atoms with van der Waals surface area (Å²) in [7, 11) is 0. The van der Waals surface area contributed by atoms with Crippen LogP contribution in [0.25, 0.3) is 6.08 Å². The Kier molecular flexibility index (Phi) is 3.35. The van der Waals surface area contributed by atoms with Crippen LogP contribution in [0.2, 0.25) is 0 Å². The van der Waals surface area contributed by atoms with Crippen LogP contribution < -0.4 is 14.8 Å². The van der Waals surface area contributed by atoms with E-state index in [2.05, 4.69) is 29.6 Å². The van der Waals surface area contributed by atoms with Crippen molar-refractivity contribution in [3.05, 3.63) is 65.7 Å². The van der Waals surface area contributed by atoms with Crippen LogP contribution >= 0.6 is 0 Å². The van der Waals surface area contributed by atoms with E-state index in [9.17, 15) is 0 Å². The summed E-state index contributed by atoms with van der Waals surface area (Å²) in [5.74, 6) is 1.79. The molecule has 2 aromatic rings. The normalized spacial score (nSPS) is 22.4. The predicted molar refractivity (Wildman–Crippen MR) is 87.1 cm³/mol. The minimum atomic E-state index is -0.176. The number of hydrogen-bond donors (Lipinski definition) is 1. The van der Waals surface area contributed by atoms with Crippen molar-refractivity contribution < 1.29 is 9.47 Å². The molecule has 2 heterocycles. The zero-order valence-electron chi connectivity index (χ0n) is 12.4. The van der Waals surface area contributed by atoms with Crippen molar-refractivity contribution in [2.75, 3.05) is 13.1 Å². The van der Waals surface area contributed by atoms with E-state index in [0.717, 1.165) is 42.1 Å². The quantitative estimate of drug-likeness (QED) is 0.941. The Morgan fingerprint density at radius 1 is 1.09 bits per heavy atom. The van der Waals surface area contributed by atoms with Gasteiger partial charge in [-0.1, -0.05) is 36.4 Å². The van der Waals surface area contributed by atoms with E-state index in [0.29, 0.717) is 6.61 Å². The van der Waals surface area contributed by atoms with Crippen molar-refractivity contribution in [1.29, 1.82) is 0 Å². The topological polar surface area (TPSA) is 30.5 Å². The molecule has 2 aromatic carbocycles. The van der Waals surface area contributed by atoms with Gasteiger partial charge in [0.05, 0.1) is 5.56 Å². The first-order chi connectivity index (χ1) is 10.8. The van der Waals surface area contributed by atoms with Gasteiger partial charge in [-0.15, -0.1) is 0 Å². The third-order valence-electron chi connectivity index (χ3n) is 4.28. The SMILES string of the molecule is C1=CC2(CCNC2)Oc2cccc(OCc3ccccc3)c21. The lowest BCUT2D eigenvalue weighted by Gasteiger charge is -2.31. The molecule has 1 N–H and O–H groups in total. The lowest BCUT2D eigenvalue weighted by molar-refractivity contribution is 0.138. The van der Waals surface area contributed by atoms with Crippen molar-refractivity contribution in [3.8, 4) is 11.5 Å². The lowest BCUT2D eigenvalue weighted by Crippen LogP contribution is -2.37. The van der Waals surface area contributed by atoms with Gasteiger partial charge in [0.25, 0.3) is 0 Å². The van der Waals surface area contributed by atoms with Crippen molar-refractivity contribution in [2.24, 2.45) is 0 Å². The average molecular weight is 293 g/mol. The first kappa shape index (κ1) is 13.4. The number of fused-ring (bicyclic) bond motifs is 1. The van der Waals surface area contributed by atoms with Gasteiger partial charge < -0.3 is 14.8 Å². The fraction of sp³-hybridized carbons (Fsp3) is 0.263. The van der Waals surface area contributed by atoms with Gasteiger partial charge in [0.1, 0.15) is 23.7 Å². The summed E-state index contributed by atoms with van der Waals surface area (Å²) in [6, 6.07) is 16.2. The summed E-state index contributed by atoms with van der Waals surface area (Å²) in [4.78, 5) is 0. The molecule has 1 unspecified atom stereocenters. The number of nitrogens with one attached hydrogen (secondary N) is 1. The van der Waals surface area contributed by atoms with Crippen LogP contribution in [0.1, 0.15) is 17.5 Å². The summed E-state index contributed by atoms with van der Waals surface area (Å²) in [6.45, 7) is 2.44. The standard InChI is InChI=1S/C19H19NO2/c1-2-5-15(6-3-1)13-21-17-7-4-8-18-16(17)9-10-19(22-18)11-12-20-14-19/h1-10,20H,11-14H2. The zero-order valence-corrected chi connectivity index (χ0v) is 12.4. The van der Waals surface area contributed by atoms with Crippen LogP contribution in [0, 0.1) is 0 Å². The van der Waals surface area contributed by atoms with E-state index in [1.165, 1.54) is 0 Å². The second-order valence-corrected chi connectivity index (χ2v) is 5.87. The molecule has 0 bridgehead atoms. The van der Waals surface area contributed by atoms with Crippen molar-refractivity contribution in [2.45, 2.75) is 18.6 Å². The zero-order chi connectivity index (χ0) is 14.8. The molecule has 22 heavy (non-hydrogen) atoms. The molecule has 112 valence electrons. The van der Waals surface area contributed by atoms with E-state index in [1.54, 1.807) is 0 Å². The number of ether oxygens (including phenoxy) is 2. The van der Waals surface area contributed by atoms with E-state index >= 15 is 0 Å². The van der Waals surface area contributed by atoms with Gasteiger partial charge in [-0.05, 0) is 36.4 Å². The van der Waals surface area contributed by atoms with E-state index in [-0.39, 0.29) is 5.60 Å². The molecule has 0 amide bonds. The average Bonchev–Trinajstić information content (AvgIpc) is 3.01. The van der Waals surface area contributed by atoms with E-state index in [1.807, 2.05) is 36.4 Å². The third kappa shape index (κ3) is 2.48. The van der Waals surface area contributed by atoms with Crippen molar-refractivity contribution in [3.63, 3.8) is 0 Å². The molecule has 0 radical (unpaired) electrons. The molecule has 1 spiro atoms. The highest BCUT2D eigenvalue weighted by atomic mass is 16.5. The molecule has 3 nitrogen and oxygen atoms in total. The van der Waals surface area contributed by atoms with Crippen LogP contribution in [0.5, 0.6) is 11.5 Å². The maximum absolute atomic E-state index is 6.24. The fourth-order valence-corrected chi connectivity index (χ4v) is 3.04. The smallest absolute Gasteiger partial charge is 0.141 e. The monoisotopic (exact) mass is 293 g/mol. The van der Waals surface area contributed by atoms with E-state index < -0.39 is 0 Å². The predicted octanol–water partition coefficient (Wildman–Crippen LogP) is 3.40. The Balaban J connectivity index is 1.56. The van der Waals surface area contributed by atoms with Gasteiger partial charge in [0.15, 0.2) is 0 Å². The molecule has 0 saturated carbocycles. The fourth-order valence-electron chi connectivity index (χ4n) is 3.04. The molecule has 1 atom stereocenters. The molecular formula is C19H19NO2. The van der Waals surface area contributed by atoms with Crippen LogP contribution in [0.4, 0.5) is 0 Å². The van der Waals surface area contributed by atoms with Crippen LogP contribution in [0.3, 0.4) is 0 Å². The molecule has 4 rings (SSSR count). The minimum absolute atomic E-state index is 0.176. The van der Waals surface area contributed by atoms with Crippen LogP contribution in [0.15, 0.2) is 54.6 Å². The molecule has 2 aliphatic heterocycles. The largest absolute Gasteiger partial charge is 0.488 e. The maximum atomic E-state index is 6.24. The highest BCUT2D eigenvalue weighted by Crippen LogP contribution is 2.39. The first-order valence-corrected chi connectivity index (χ1v) is 7.73. The summed E-state index contributed by atoms with van der Waals surface area (Å²) in [5.41, 5.74) is 2.03. The molecule has 1 fully saturated rings. The summed E-state index contributed by atoms with van der Waals surface area (Å²) in [6.07, 6.45) is 5.33. The molecule has 2 aliphatic rings. The molecule has 0 aliphatic carbocycles. The lowest BCUT2D eigenvalue weighted by atomic mass is 9.97. The Morgan fingerprint density at radius 2 is 2.00 bits per heavy atom. The molecular weight excluding hydrogens is 274 g/mol. The van der Waals surface area contributed by atoms with Gasteiger partial charge in [0, 0.05) is 13.0 Å². The van der Waals surface area contributed by atoms with Gasteiger partial charge >= 0.3 is 0 Å². The first-order valence-electron chi connectivity index (χ1n) is 7.73. The third-order valence-corrected chi connectivity index (χ3v) is 4.28. The van der Waals surface area contributed by atoms with Gasteiger partial charge in [-0.2, -0.15) is 0 Å². The Bertz CT molecular complexity index is 688. The van der Waals surface area contributed by atoms with E-state index in [4.69, 9.17) is 9.47 Å². The highest BCUT2D eigenvalue weighted by Gasteiger charge is 2.36. The summed E-state index contributed by atoms with van der Waals surface area (Å²) in [5, 5.41) is 3.37. The Labute approximate surface area is 130 Å². The van der Waals surface area contributed by atoms with Gasteiger partial charge in [0.2, 0.25) is 0 Å². The summed E-state index contributed by atoms with van der Waals surface area (Å²) < 4.78 is 12.2. The van der Waals surface area contributed by atoms with Gasteiger partial charge in [-0.25, -0.2) is 0 Å². The second kappa shape index (κ2) is 5.50. The number of hydrogen-bond acceptors (Lipinski definition) is 3. The highest BCUT2D eigenvalue weighted by molar-refractivity contribution is 5.67. The van der Waals surface area contributed by atoms with Gasteiger partial charge in [-0.3, -0.25) is 0 Å². The second-order valence-electron chi connectivity index (χ2n) is 5.87. The van der Waals surface area contributed by atoms with Crippen LogP contribution in [-0.4, -0.2) is 18.7 Å². The molecule has 3 heteroatoms. The Morgan fingerprint density at radius 3 is 2.82 bits per heavy atom. The van der Waals surface area contributed by atoms with Crippen molar-refractivity contribution >= 4 is 6.08 Å². The number of benzene rings is 2. The molecule has 0 aromatic heterocycles. The Hall–Kier alpha value is -2.26. The minimum Gasteiger partial charge on any atom is -0.488 e. The number of rotatable bonds is 3. The van der Waals surface area contributed by atoms with Crippen LogP contribution in [-0.2, 0) is 6.61 Å². The maximum Gasteiger partial charge on any atom is 0.141 e. The summed E-state index contributed by atoms with van der Waals surface area (Å²) >= 11 is 0. The molecule has 1 saturated heterocycles.